The number of likely N-dealkylation sites (tertiary alicyclic amines) is 1. The van der Waals surface area contributed by atoms with E-state index < -0.39 is 23.0 Å². The summed E-state index contributed by atoms with van der Waals surface area (Å²) in [6.45, 7) is 3.17. The van der Waals surface area contributed by atoms with Crippen LogP contribution < -0.4 is 16.6 Å². The lowest BCUT2D eigenvalue weighted by Gasteiger charge is -2.13. The number of nitrogens with one attached hydrogen (secondary N) is 1. The predicted molar refractivity (Wildman–Crippen MR) is 106 cm³/mol. The van der Waals surface area contributed by atoms with Crippen LogP contribution in [0.1, 0.15) is 23.5 Å². The van der Waals surface area contributed by atoms with Gasteiger partial charge < -0.3 is 14.7 Å². The number of hydrogen-bond acceptors (Lipinski definition) is 8. The smallest absolute Gasteiger partial charge is 0.347 e. The first-order valence-corrected chi connectivity index (χ1v) is 9.75. The van der Waals surface area contributed by atoms with Gasteiger partial charge in [0.15, 0.2) is 5.69 Å². The van der Waals surface area contributed by atoms with Crippen LogP contribution in [-0.2, 0) is 7.05 Å². The van der Waals surface area contributed by atoms with Crippen LogP contribution in [0.15, 0.2) is 38.4 Å². The van der Waals surface area contributed by atoms with Crippen LogP contribution >= 0.6 is 0 Å². The number of rotatable bonds is 6. The van der Waals surface area contributed by atoms with E-state index in [0.717, 1.165) is 53.9 Å². The Morgan fingerprint density at radius 3 is 2.61 bits per heavy atom. The monoisotopic (exact) mass is 429 g/mol. The second-order valence-corrected chi connectivity index (χ2v) is 7.11. The van der Waals surface area contributed by atoms with Crippen molar-refractivity contribution < 1.29 is 13.7 Å². The number of nitrogens with zero attached hydrogens (tertiary/aromatic N) is 6. The zero-order valence-corrected chi connectivity index (χ0v) is 16.7. The molecule has 0 aliphatic carbocycles. The molecule has 0 unspecified atom stereocenters. The number of carbonyl (C=O) groups excluding carboxylic acids is 1. The molecule has 162 valence electrons. The van der Waals surface area contributed by atoms with E-state index in [1.807, 2.05) is 0 Å². The lowest BCUT2D eigenvalue weighted by molar-refractivity contribution is 0.0906. The van der Waals surface area contributed by atoms with Gasteiger partial charge in [-0.2, -0.15) is 14.8 Å². The minimum atomic E-state index is -0.759. The Balaban J connectivity index is 1.57. The molecule has 3 aromatic rings. The summed E-state index contributed by atoms with van der Waals surface area (Å²) < 4.78 is 19.9. The average Bonchev–Trinajstić information content (AvgIpc) is 3.45. The number of benzene rings is 1. The molecule has 0 saturated carbocycles. The molecule has 1 fully saturated rings. The fourth-order valence-corrected chi connectivity index (χ4v) is 3.29. The number of amides is 1. The molecular formula is C19H20FN7O4. The minimum absolute atomic E-state index is 0.235. The van der Waals surface area contributed by atoms with Crippen molar-refractivity contribution in [3.8, 4) is 17.2 Å². The Hall–Kier alpha value is -3.67. The average molecular weight is 429 g/mol. The molecule has 0 bridgehead atoms. The molecule has 1 amide bonds. The highest BCUT2D eigenvalue weighted by molar-refractivity contribution is 5.89. The summed E-state index contributed by atoms with van der Waals surface area (Å²) in [7, 11) is 1.27. The van der Waals surface area contributed by atoms with Crippen LogP contribution in [-0.4, -0.2) is 61.5 Å². The van der Waals surface area contributed by atoms with Crippen molar-refractivity contribution in [3.63, 3.8) is 0 Å². The zero-order chi connectivity index (χ0) is 22.0. The largest absolute Gasteiger partial charge is 0.351 e. The SMILES string of the molecule is Cn1c(=O)c(-c2noc(C(=O)NCCN3CCCC3)n2)nn(-c2ccc(F)cc2)c1=O. The van der Waals surface area contributed by atoms with Crippen molar-refractivity contribution in [2.75, 3.05) is 26.2 Å². The lowest BCUT2D eigenvalue weighted by atomic mass is 10.3. The van der Waals surface area contributed by atoms with Gasteiger partial charge in [-0.25, -0.2) is 9.18 Å². The van der Waals surface area contributed by atoms with Gasteiger partial charge in [-0.1, -0.05) is 5.16 Å². The van der Waals surface area contributed by atoms with Crippen LogP contribution in [0.25, 0.3) is 17.2 Å². The third-order valence-corrected chi connectivity index (χ3v) is 4.99. The number of aromatic nitrogens is 5. The molecule has 0 atom stereocenters. The van der Waals surface area contributed by atoms with Gasteiger partial charge >= 0.3 is 17.5 Å². The van der Waals surface area contributed by atoms with Gasteiger partial charge in [0.05, 0.1) is 5.69 Å². The third-order valence-electron chi connectivity index (χ3n) is 4.99. The first-order valence-electron chi connectivity index (χ1n) is 9.75. The highest BCUT2D eigenvalue weighted by Crippen LogP contribution is 2.11. The lowest BCUT2D eigenvalue weighted by Crippen LogP contribution is -2.40. The van der Waals surface area contributed by atoms with E-state index in [0.29, 0.717) is 6.54 Å². The number of halogens is 1. The summed E-state index contributed by atoms with van der Waals surface area (Å²) in [6, 6.07) is 5.00. The van der Waals surface area contributed by atoms with Crippen molar-refractivity contribution in [3.05, 3.63) is 56.8 Å². The minimum Gasteiger partial charge on any atom is -0.347 e. The molecule has 0 radical (unpaired) electrons. The predicted octanol–water partition coefficient (Wildman–Crippen LogP) is -0.0541. The maximum absolute atomic E-state index is 13.2. The second-order valence-electron chi connectivity index (χ2n) is 7.11. The molecule has 31 heavy (non-hydrogen) atoms. The van der Waals surface area contributed by atoms with Crippen molar-refractivity contribution in [1.82, 2.24) is 34.7 Å². The molecular weight excluding hydrogens is 409 g/mol. The summed E-state index contributed by atoms with van der Waals surface area (Å²) in [6.07, 6.45) is 2.31. The van der Waals surface area contributed by atoms with Gasteiger partial charge in [-0.3, -0.25) is 14.2 Å². The maximum Gasteiger partial charge on any atom is 0.351 e. The molecule has 0 spiro atoms. The van der Waals surface area contributed by atoms with Crippen molar-refractivity contribution >= 4 is 5.91 Å². The van der Waals surface area contributed by atoms with E-state index in [2.05, 4.69) is 25.5 Å². The molecule has 11 nitrogen and oxygen atoms in total. The van der Waals surface area contributed by atoms with E-state index in [9.17, 15) is 18.8 Å². The first-order chi connectivity index (χ1) is 14.9. The van der Waals surface area contributed by atoms with Crippen molar-refractivity contribution in [1.29, 1.82) is 0 Å². The topological polar surface area (TPSA) is 128 Å². The van der Waals surface area contributed by atoms with Gasteiger partial charge in [-0.15, -0.1) is 0 Å². The Kier molecular flexibility index (Phi) is 5.71. The van der Waals surface area contributed by atoms with E-state index in [-0.39, 0.29) is 23.1 Å². The van der Waals surface area contributed by atoms with E-state index in [1.54, 1.807) is 0 Å². The molecule has 1 saturated heterocycles. The van der Waals surface area contributed by atoms with Crippen LogP contribution in [0.5, 0.6) is 0 Å². The zero-order valence-electron chi connectivity index (χ0n) is 16.7. The normalized spacial score (nSPS) is 14.1. The van der Waals surface area contributed by atoms with Crippen LogP contribution in [0, 0.1) is 5.82 Å². The quantitative estimate of drug-likeness (QED) is 0.578. The Morgan fingerprint density at radius 2 is 1.90 bits per heavy atom. The van der Waals surface area contributed by atoms with Crippen LogP contribution in [0.3, 0.4) is 0 Å². The highest BCUT2D eigenvalue weighted by Gasteiger charge is 2.22. The van der Waals surface area contributed by atoms with Gasteiger partial charge in [0.1, 0.15) is 5.82 Å². The summed E-state index contributed by atoms with van der Waals surface area (Å²) in [4.78, 5) is 43.4. The van der Waals surface area contributed by atoms with Gasteiger partial charge in [0, 0.05) is 20.1 Å². The second kappa shape index (κ2) is 8.60. The van der Waals surface area contributed by atoms with Crippen molar-refractivity contribution in [2.45, 2.75) is 12.8 Å². The van der Waals surface area contributed by atoms with Crippen molar-refractivity contribution in [2.24, 2.45) is 7.05 Å². The van der Waals surface area contributed by atoms with Crippen LogP contribution in [0.2, 0.25) is 0 Å². The standard InChI is InChI=1S/C19H20FN7O4/c1-25-18(29)14(23-27(19(25)30)13-6-4-12(20)5-7-13)15-22-17(31-24-15)16(28)21-8-11-26-9-2-3-10-26/h4-7H,2-3,8-11H2,1H3,(H,21,28). The summed E-state index contributed by atoms with van der Waals surface area (Å²) in [5.41, 5.74) is -1.54. The molecule has 2 aromatic heterocycles. The number of hydrogen-bond donors (Lipinski definition) is 1. The van der Waals surface area contributed by atoms with E-state index >= 15 is 0 Å². The molecule has 4 rings (SSSR count). The molecule has 1 aromatic carbocycles. The van der Waals surface area contributed by atoms with E-state index in [4.69, 9.17) is 4.52 Å². The number of carbonyl (C=O) groups is 1. The fraction of sp³-hybridized carbons (Fsp3) is 0.368. The van der Waals surface area contributed by atoms with Gasteiger partial charge in [-0.05, 0) is 50.2 Å². The third kappa shape index (κ3) is 4.28. The Bertz CT molecular complexity index is 1210. The molecule has 12 heteroatoms. The molecule has 1 aliphatic rings. The summed E-state index contributed by atoms with van der Waals surface area (Å²) in [5.74, 6) is -1.61. The fourth-order valence-electron chi connectivity index (χ4n) is 3.29. The van der Waals surface area contributed by atoms with Gasteiger partial charge in [0.25, 0.3) is 5.56 Å². The van der Waals surface area contributed by atoms with Crippen LogP contribution in [0.4, 0.5) is 4.39 Å². The molecule has 3 heterocycles. The summed E-state index contributed by atoms with van der Waals surface area (Å²) in [5, 5.41) is 10.4. The molecule has 1 N–H and O–H groups in total. The van der Waals surface area contributed by atoms with Gasteiger partial charge in [0.2, 0.25) is 5.82 Å². The highest BCUT2D eigenvalue weighted by atomic mass is 19.1. The summed E-state index contributed by atoms with van der Waals surface area (Å²) >= 11 is 0. The maximum atomic E-state index is 13.2. The Labute approximate surface area is 175 Å². The first kappa shape index (κ1) is 20.6. The molecule has 1 aliphatic heterocycles. The van der Waals surface area contributed by atoms with E-state index in [1.165, 1.54) is 19.2 Å². The Morgan fingerprint density at radius 1 is 1.19 bits per heavy atom.